The Labute approximate surface area is 132 Å². The minimum atomic E-state index is 0.480. The highest BCUT2D eigenvalue weighted by Crippen LogP contribution is 2.41. The molecule has 0 bridgehead atoms. The minimum absolute atomic E-state index is 0.480. The van der Waals surface area contributed by atoms with E-state index >= 15 is 0 Å². The van der Waals surface area contributed by atoms with Gasteiger partial charge >= 0.3 is 0 Å². The van der Waals surface area contributed by atoms with E-state index in [1.807, 2.05) is 18.5 Å². The second-order valence-electron chi connectivity index (χ2n) is 7.13. The van der Waals surface area contributed by atoms with E-state index < -0.39 is 0 Å². The lowest BCUT2D eigenvalue weighted by atomic mass is 9.72. The van der Waals surface area contributed by atoms with Crippen LogP contribution in [-0.4, -0.2) is 60.3 Å². The lowest BCUT2D eigenvalue weighted by Crippen LogP contribution is -2.52. The van der Waals surface area contributed by atoms with Crippen LogP contribution in [0.1, 0.15) is 32.1 Å². The van der Waals surface area contributed by atoms with Gasteiger partial charge in [-0.15, -0.1) is 0 Å². The van der Waals surface area contributed by atoms with Crippen LogP contribution in [-0.2, 0) is 4.74 Å². The Kier molecular flexibility index (Phi) is 4.01. The predicted octanol–water partition coefficient (Wildman–Crippen LogP) is 1.95. The molecule has 22 heavy (non-hydrogen) atoms. The van der Waals surface area contributed by atoms with Gasteiger partial charge in [0.1, 0.15) is 0 Å². The molecule has 1 aromatic heterocycles. The Morgan fingerprint density at radius 1 is 1.09 bits per heavy atom. The number of piperidine rings is 2. The van der Waals surface area contributed by atoms with Crippen molar-refractivity contribution in [2.75, 3.05) is 44.3 Å². The predicted molar refractivity (Wildman–Crippen MR) is 85.9 cm³/mol. The van der Waals surface area contributed by atoms with Gasteiger partial charge in [0.2, 0.25) is 5.95 Å². The Morgan fingerprint density at radius 3 is 2.64 bits per heavy atom. The monoisotopic (exact) mass is 302 g/mol. The molecule has 3 aliphatic rings. The number of rotatable bonds is 2. The Bertz CT molecular complexity index is 481. The molecule has 3 saturated heterocycles. The lowest BCUT2D eigenvalue weighted by Gasteiger charge is -2.48. The van der Waals surface area contributed by atoms with Crippen LogP contribution < -0.4 is 4.90 Å². The number of hydrogen-bond donors (Lipinski definition) is 0. The number of aromatic nitrogens is 2. The molecule has 4 rings (SSSR count). The zero-order valence-electron chi connectivity index (χ0n) is 13.3. The number of hydrogen-bond acceptors (Lipinski definition) is 5. The van der Waals surface area contributed by atoms with Crippen LogP contribution in [0.15, 0.2) is 18.5 Å². The molecule has 0 saturated carbocycles. The summed E-state index contributed by atoms with van der Waals surface area (Å²) in [4.78, 5) is 14.0. The highest BCUT2D eigenvalue weighted by atomic mass is 16.5. The van der Waals surface area contributed by atoms with Gasteiger partial charge < -0.3 is 9.64 Å². The van der Waals surface area contributed by atoms with E-state index in [2.05, 4.69) is 19.8 Å². The largest absolute Gasteiger partial charge is 0.380 e. The third-order valence-electron chi connectivity index (χ3n) is 5.78. The maximum Gasteiger partial charge on any atom is 0.225 e. The second-order valence-corrected chi connectivity index (χ2v) is 7.13. The summed E-state index contributed by atoms with van der Waals surface area (Å²) in [6.45, 7) is 6.59. The van der Waals surface area contributed by atoms with Crippen LogP contribution >= 0.6 is 0 Å². The molecule has 1 aromatic rings. The molecule has 5 heteroatoms. The molecular formula is C17H26N4O. The molecule has 120 valence electrons. The molecule has 0 radical (unpaired) electrons. The molecule has 1 unspecified atom stereocenters. The van der Waals surface area contributed by atoms with E-state index in [1.54, 1.807) is 0 Å². The van der Waals surface area contributed by atoms with Crippen LogP contribution in [0.3, 0.4) is 0 Å². The molecular weight excluding hydrogens is 276 g/mol. The summed E-state index contributed by atoms with van der Waals surface area (Å²) in [6.07, 6.45) is 10.2. The summed E-state index contributed by atoms with van der Waals surface area (Å²) in [6, 6.07) is 2.57. The minimum Gasteiger partial charge on any atom is -0.380 e. The summed E-state index contributed by atoms with van der Waals surface area (Å²) in [7, 11) is 0. The molecule has 5 nitrogen and oxygen atoms in total. The fourth-order valence-electron chi connectivity index (χ4n) is 4.41. The fraction of sp³-hybridized carbons (Fsp3) is 0.765. The first-order chi connectivity index (χ1) is 10.8. The van der Waals surface area contributed by atoms with Gasteiger partial charge in [-0.25, -0.2) is 9.97 Å². The van der Waals surface area contributed by atoms with Crippen LogP contribution in [0.25, 0.3) is 0 Å². The van der Waals surface area contributed by atoms with Crippen molar-refractivity contribution in [2.24, 2.45) is 5.41 Å². The number of likely N-dealkylation sites (tertiary alicyclic amines) is 1. The highest BCUT2D eigenvalue weighted by molar-refractivity contribution is 5.30. The maximum atomic E-state index is 5.56. The van der Waals surface area contributed by atoms with Crippen LogP contribution in [0, 0.1) is 5.41 Å². The first-order valence-electron chi connectivity index (χ1n) is 8.69. The molecule has 0 N–H and O–H groups in total. The highest BCUT2D eigenvalue weighted by Gasteiger charge is 2.40. The third kappa shape index (κ3) is 2.84. The quantitative estimate of drug-likeness (QED) is 0.835. The molecule has 1 spiro atoms. The van der Waals surface area contributed by atoms with Crippen LogP contribution in [0.2, 0.25) is 0 Å². The molecule has 1 atom stereocenters. The maximum absolute atomic E-state index is 5.56. The second kappa shape index (κ2) is 6.13. The third-order valence-corrected chi connectivity index (χ3v) is 5.78. The first kappa shape index (κ1) is 14.4. The molecule has 4 heterocycles. The summed E-state index contributed by atoms with van der Waals surface area (Å²) < 4.78 is 5.56. The van der Waals surface area contributed by atoms with Gasteiger partial charge in [-0.1, -0.05) is 0 Å². The Hall–Kier alpha value is -1.20. The van der Waals surface area contributed by atoms with Crippen LogP contribution in [0.5, 0.6) is 0 Å². The van der Waals surface area contributed by atoms with E-state index in [1.165, 1.54) is 45.2 Å². The average Bonchev–Trinajstić information content (AvgIpc) is 3.11. The van der Waals surface area contributed by atoms with Gasteiger partial charge in [-0.2, -0.15) is 0 Å². The Balaban J connectivity index is 1.40. The summed E-state index contributed by atoms with van der Waals surface area (Å²) in [5.41, 5.74) is 0.480. The van der Waals surface area contributed by atoms with Gasteiger partial charge in [0.25, 0.3) is 0 Å². The van der Waals surface area contributed by atoms with Crippen molar-refractivity contribution in [1.29, 1.82) is 0 Å². The van der Waals surface area contributed by atoms with Crippen molar-refractivity contribution < 1.29 is 4.74 Å². The number of anilines is 1. The summed E-state index contributed by atoms with van der Waals surface area (Å²) in [5.74, 6) is 0.910. The number of ether oxygens (including phenoxy) is 1. The van der Waals surface area contributed by atoms with Gasteiger partial charge in [0.05, 0.1) is 6.61 Å². The van der Waals surface area contributed by atoms with E-state index in [9.17, 15) is 0 Å². The van der Waals surface area contributed by atoms with Crippen LogP contribution in [0.4, 0.5) is 5.95 Å². The van der Waals surface area contributed by atoms with Gasteiger partial charge in [-0.05, 0) is 56.7 Å². The SMILES string of the molecule is c1cnc(N2CCCC3(CCN(C4CCOC4)CC3)C2)nc1. The van der Waals surface area contributed by atoms with Gasteiger partial charge in [-0.3, -0.25) is 4.90 Å². The van der Waals surface area contributed by atoms with Crippen molar-refractivity contribution in [3.05, 3.63) is 18.5 Å². The zero-order chi connectivity index (χ0) is 14.8. The van der Waals surface area contributed by atoms with E-state index in [-0.39, 0.29) is 0 Å². The molecule has 3 aliphatic heterocycles. The topological polar surface area (TPSA) is 41.5 Å². The molecule has 0 aromatic carbocycles. The van der Waals surface area contributed by atoms with Crippen molar-refractivity contribution >= 4 is 5.95 Å². The first-order valence-corrected chi connectivity index (χ1v) is 8.69. The van der Waals surface area contributed by atoms with E-state index in [0.717, 1.165) is 32.3 Å². The van der Waals surface area contributed by atoms with Crippen molar-refractivity contribution in [3.8, 4) is 0 Å². The standard InChI is InChI=1S/C17H26N4O/c1-4-17(14-21(9-1)16-18-7-2-8-19-16)5-10-20(11-6-17)15-3-12-22-13-15/h2,7-8,15H,1,3-6,9-14H2. The normalized spacial score (nSPS) is 29.1. The van der Waals surface area contributed by atoms with Crippen molar-refractivity contribution in [1.82, 2.24) is 14.9 Å². The fourth-order valence-corrected chi connectivity index (χ4v) is 4.41. The van der Waals surface area contributed by atoms with Gasteiger partial charge in [0, 0.05) is 38.1 Å². The van der Waals surface area contributed by atoms with Crippen molar-refractivity contribution in [3.63, 3.8) is 0 Å². The summed E-state index contributed by atoms with van der Waals surface area (Å²) >= 11 is 0. The van der Waals surface area contributed by atoms with Gasteiger partial charge in [0.15, 0.2) is 0 Å². The van der Waals surface area contributed by atoms with E-state index in [0.29, 0.717) is 11.5 Å². The van der Waals surface area contributed by atoms with Crippen molar-refractivity contribution in [2.45, 2.75) is 38.1 Å². The smallest absolute Gasteiger partial charge is 0.225 e. The zero-order valence-corrected chi connectivity index (χ0v) is 13.3. The molecule has 0 aliphatic carbocycles. The average molecular weight is 302 g/mol. The lowest BCUT2D eigenvalue weighted by molar-refractivity contribution is 0.0550. The summed E-state index contributed by atoms with van der Waals surface area (Å²) in [5, 5.41) is 0. The Morgan fingerprint density at radius 2 is 1.91 bits per heavy atom. The molecule has 0 amide bonds. The number of nitrogens with zero attached hydrogens (tertiary/aromatic N) is 4. The van der Waals surface area contributed by atoms with E-state index in [4.69, 9.17) is 4.74 Å². The molecule has 3 fully saturated rings.